The summed E-state index contributed by atoms with van der Waals surface area (Å²) >= 11 is 0. The fraction of sp³-hybridized carbons (Fsp3) is 0.409. The van der Waals surface area contributed by atoms with E-state index in [1.165, 1.54) is 17.7 Å². The summed E-state index contributed by atoms with van der Waals surface area (Å²) in [6.07, 6.45) is 3.36. The number of rotatable bonds is 4. The number of hydrogen-bond acceptors (Lipinski definition) is 5. The van der Waals surface area contributed by atoms with Gasteiger partial charge < -0.3 is 4.90 Å². The van der Waals surface area contributed by atoms with E-state index in [9.17, 15) is 0 Å². The molecule has 6 heteroatoms. The molecule has 1 aliphatic heterocycles. The van der Waals surface area contributed by atoms with E-state index < -0.39 is 0 Å². The molecule has 1 saturated heterocycles. The number of nitrogens with zero attached hydrogens (tertiary/aromatic N) is 5. The highest BCUT2D eigenvalue weighted by molar-refractivity contribution is 5.61. The number of aromatic nitrogens is 4. The smallest absolute Gasteiger partial charge is 0.161 e. The molecule has 2 aromatic heterocycles. The van der Waals surface area contributed by atoms with Crippen LogP contribution in [-0.4, -0.2) is 51.2 Å². The fourth-order valence-corrected chi connectivity index (χ4v) is 4.29. The Kier molecular flexibility index (Phi) is 4.56. The Morgan fingerprint density at radius 3 is 2.57 bits per heavy atom. The van der Waals surface area contributed by atoms with Crippen LogP contribution in [0.1, 0.15) is 29.1 Å². The Morgan fingerprint density at radius 2 is 1.82 bits per heavy atom. The first-order valence-electron chi connectivity index (χ1n) is 10.2. The van der Waals surface area contributed by atoms with E-state index in [0.29, 0.717) is 0 Å². The normalized spacial score (nSPS) is 17.1. The SMILES string of the molecule is Cc1cc(CN2CCN(c3nc(-c4ccccc4)nc4c3CCC4)CC2)n[nH]1. The second-order valence-electron chi connectivity index (χ2n) is 7.82. The highest BCUT2D eigenvalue weighted by Gasteiger charge is 2.26. The molecule has 3 heterocycles. The summed E-state index contributed by atoms with van der Waals surface area (Å²) in [5.41, 5.74) is 5.97. The molecule has 3 aromatic rings. The molecule has 0 bridgehead atoms. The van der Waals surface area contributed by atoms with Gasteiger partial charge in [0.1, 0.15) is 5.82 Å². The molecular formula is C22H26N6. The van der Waals surface area contributed by atoms with Crippen LogP contribution < -0.4 is 4.90 Å². The number of benzene rings is 1. The van der Waals surface area contributed by atoms with Crippen LogP contribution in [0.25, 0.3) is 11.4 Å². The van der Waals surface area contributed by atoms with Gasteiger partial charge in [0.05, 0.1) is 5.69 Å². The van der Waals surface area contributed by atoms with Crippen LogP contribution in [0.15, 0.2) is 36.4 Å². The lowest BCUT2D eigenvalue weighted by molar-refractivity contribution is 0.246. The van der Waals surface area contributed by atoms with Crippen molar-refractivity contribution in [1.29, 1.82) is 0 Å². The summed E-state index contributed by atoms with van der Waals surface area (Å²) in [5, 5.41) is 7.42. The molecule has 1 fully saturated rings. The molecule has 6 nitrogen and oxygen atoms in total. The third-order valence-electron chi connectivity index (χ3n) is 5.76. The maximum Gasteiger partial charge on any atom is 0.161 e. The summed E-state index contributed by atoms with van der Waals surface area (Å²) < 4.78 is 0. The van der Waals surface area contributed by atoms with Crippen LogP contribution in [0.5, 0.6) is 0 Å². The van der Waals surface area contributed by atoms with Gasteiger partial charge in [0.15, 0.2) is 5.82 Å². The first-order valence-corrected chi connectivity index (χ1v) is 10.2. The number of fused-ring (bicyclic) bond motifs is 1. The number of hydrogen-bond donors (Lipinski definition) is 1. The van der Waals surface area contributed by atoms with Crippen molar-refractivity contribution in [3.05, 3.63) is 59.0 Å². The lowest BCUT2D eigenvalue weighted by atomic mass is 10.1. The summed E-state index contributed by atoms with van der Waals surface area (Å²) in [5.74, 6) is 2.03. The van der Waals surface area contributed by atoms with E-state index in [1.807, 2.05) is 6.07 Å². The van der Waals surface area contributed by atoms with Crippen molar-refractivity contribution in [2.45, 2.75) is 32.7 Å². The minimum Gasteiger partial charge on any atom is -0.354 e. The van der Waals surface area contributed by atoms with E-state index in [2.05, 4.69) is 57.3 Å². The number of aromatic amines is 1. The number of nitrogens with one attached hydrogen (secondary N) is 1. The summed E-state index contributed by atoms with van der Waals surface area (Å²) in [4.78, 5) is 14.9. The molecule has 1 N–H and O–H groups in total. The van der Waals surface area contributed by atoms with Gasteiger partial charge in [-0.1, -0.05) is 30.3 Å². The predicted octanol–water partition coefficient (Wildman–Crippen LogP) is 2.99. The van der Waals surface area contributed by atoms with Crippen molar-refractivity contribution in [2.24, 2.45) is 0 Å². The van der Waals surface area contributed by atoms with Crippen molar-refractivity contribution in [2.75, 3.05) is 31.1 Å². The second-order valence-corrected chi connectivity index (χ2v) is 7.82. The Labute approximate surface area is 165 Å². The lowest BCUT2D eigenvalue weighted by Gasteiger charge is -2.36. The van der Waals surface area contributed by atoms with Gasteiger partial charge in [-0.3, -0.25) is 10.00 Å². The number of piperazine rings is 1. The standard InChI is InChI=1S/C22H26N6/c1-16-14-18(26-25-16)15-27-10-12-28(13-11-27)22-19-8-5-9-20(19)23-21(24-22)17-6-3-2-4-7-17/h2-4,6-7,14H,5,8-13,15H2,1H3,(H,25,26). The van der Waals surface area contributed by atoms with Crippen LogP contribution in [0.3, 0.4) is 0 Å². The number of H-pyrrole nitrogens is 1. The average Bonchev–Trinajstić information content (AvgIpc) is 3.37. The quantitative estimate of drug-likeness (QED) is 0.761. The first kappa shape index (κ1) is 17.4. The highest BCUT2D eigenvalue weighted by atomic mass is 15.3. The van der Waals surface area contributed by atoms with Gasteiger partial charge in [-0.25, -0.2) is 9.97 Å². The zero-order chi connectivity index (χ0) is 18.9. The molecule has 0 radical (unpaired) electrons. The summed E-state index contributed by atoms with van der Waals surface area (Å²) in [7, 11) is 0. The van der Waals surface area contributed by atoms with E-state index in [0.717, 1.165) is 74.2 Å². The molecule has 5 rings (SSSR count). The van der Waals surface area contributed by atoms with Gasteiger partial charge in [-0.05, 0) is 32.3 Å². The Bertz CT molecular complexity index is 956. The van der Waals surface area contributed by atoms with Gasteiger partial charge >= 0.3 is 0 Å². The van der Waals surface area contributed by atoms with Crippen LogP contribution in [0.2, 0.25) is 0 Å². The molecule has 0 spiro atoms. The van der Waals surface area contributed by atoms with E-state index in [4.69, 9.17) is 9.97 Å². The second kappa shape index (κ2) is 7.36. The summed E-state index contributed by atoms with van der Waals surface area (Å²) in [6, 6.07) is 12.5. The molecule has 0 saturated carbocycles. The molecule has 1 aliphatic carbocycles. The molecule has 0 unspecified atom stereocenters. The van der Waals surface area contributed by atoms with Crippen molar-refractivity contribution in [3.8, 4) is 11.4 Å². The van der Waals surface area contributed by atoms with Gasteiger partial charge in [0, 0.05) is 55.2 Å². The fourth-order valence-electron chi connectivity index (χ4n) is 4.29. The zero-order valence-electron chi connectivity index (χ0n) is 16.4. The van der Waals surface area contributed by atoms with Crippen molar-refractivity contribution in [3.63, 3.8) is 0 Å². The predicted molar refractivity (Wildman–Crippen MR) is 110 cm³/mol. The van der Waals surface area contributed by atoms with Crippen LogP contribution >= 0.6 is 0 Å². The minimum atomic E-state index is 0.866. The third-order valence-corrected chi connectivity index (χ3v) is 5.76. The molecule has 0 atom stereocenters. The van der Waals surface area contributed by atoms with Crippen LogP contribution in [0, 0.1) is 6.92 Å². The largest absolute Gasteiger partial charge is 0.354 e. The van der Waals surface area contributed by atoms with E-state index in [1.54, 1.807) is 0 Å². The van der Waals surface area contributed by atoms with Crippen molar-refractivity contribution < 1.29 is 0 Å². The van der Waals surface area contributed by atoms with Gasteiger partial charge in [-0.2, -0.15) is 5.10 Å². The molecule has 0 amide bonds. The Balaban J connectivity index is 1.36. The molecule has 1 aromatic carbocycles. The summed E-state index contributed by atoms with van der Waals surface area (Å²) in [6.45, 7) is 7.03. The van der Waals surface area contributed by atoms with E-state index in [-0.39, 0.29) is 0 Å². The van der Waals surface area contributed by atoms with Crippen molar-refractivity contribution in [1.82, 2.24) is 25.1 Å². The lowest BCUT2D eigenvalue weighted by Crippen LogP contribution is -2.46. The van der Waals surface area contributed by atoms with Crippen LogP contribution in [0.4, 0.5) is 5.82 Å². The van der Waals surface area contributed by atoms with Gasteiger partial charge in [0.2, 0.25) is 0 Å². The molecular weight excluding hydrogens is 348 g/mol. The maximum atomic E-state index is 5.03. The first-order chi connectivity index (χ1) is 13.8. The molecule has 2 aliphatic rings. The maximum absolute atomic E-state index is 5.03. The third kappa shape index (κ3) is 3.40. The Morgan fingerprint density at radius 1 is 1.00 bits per heavy atom. The highest BCUT2D eigenvalue weighted by Crippen LogP contribution is 2.32. The van der Waals surface area contributed by atoms with Gasteiger partial charge in [-0.15, -0.1) is 0 Å². The number of anilines is 1. The number of aryl methyl sites for hydroxylation is 2. The topological polar surface area (TPSA) is 60.9 Å². The van der Waals surface area contributed by atoms with E-state index >= 15 is 0 Å². The minimum absolute atomic E-state index is 0.866. The van der Waals surface area contributed by atoms with Gasteiger partial charge in [0.25, 0.3) is 0 Å². The zero-order valence-corrected chi connectivity index (χ0v) is 16.4. The molecule has 28 heavy (non-hydrogen) atoms. The Hall–Kier alpha value is -2.73. The van der Waals surface area contributed by atoms with Crippen molar-refractivity contribution >= 4 is 5.82 Å². The average molecular weight is 374 g/mol. The van der Waals surface area contributed by atoms with Crippen LogP contribution in [-0.2, 0) is 19.4 Å². The molecule has 144 valence electrons. The monoisotopic (exact) mass is 374 g/mol.